The Kier molecular flexibility index (Phi) is 5.85. The number of nitrogens with zero attached hydrogens (tertiary/aromatic N) is 1. The molecular weight excluding hydrogens is 376 g/mol. The zero-order valence-electron chi connectivity index (χ0n) is 15.9. The average Bonchev–Trinajstić information content (AvgIpc) is 3.00. The van der Waals surface area contributed by atoms with Gasteiger partial charge in [0.05, 0.1) is 5.69 Å². The number of benzene rings is 2. The van der Waals surface area contributed by atoms with Crippen LogP contribution in [0.25, 0.3) is 16.7 Å². The predicted octanol–water partition coefficient (Wildman–Crippen LogP) is 6.23. The second kappa shape index (κ2) is 8.31. The van der Waals surface area contributed by atoms with Crippen LogP contribution >= 0.6 is 11.6 Å². The lowest BCUT2D eigenvalue weighted by atomic mass is 9.96. The Morgan fingerprint density at radius 2 is 1.93 bits per heavy atom. The molecule has 0 saturated heterocycles. The van der Waals surface area contributed by atoms with Crippen LogP contribution in [0.2, 0.25) is 5.02 Å². The van der Waals surface area contributed by atoms with Crippen LogP contribution in [0.1, 0.15) is 30.4 Å². The molecule has 0 amide bonds. The number of halogens is 1. The van der Waals surface area contributed by atoms with Crippen LogP contribution in [0.15, 0.2) is 53.1 Å². The fraction of sp³-hybridized carbons (Fsp3) is 0.182. The maximum atomic E-state index is 11.2. The molecule has 2 N–H and O–H groups in total. The molecule has 28 heavy (non-hydrogen) atoms. The number of hydrogen-bond acceptors (Lipinski definition) is 4. The highest BCUT2D eigenvalue weighted by molar-refractivity contribution is 6.30. The van der Waals surface area contributed by atoms with E-state index in [1.807, 2.05) is 63.2 Å². The molecular formula is C22H21ClN2O3. The van der Waals surface area contributed by atoms with Gasteiger partial charge in [0, 0.05) is 33.6 Å². The minimum Gasteiger partial charge on any atom is -0.478 e. The molecule has 0 saturated carbocycles. The number of anilines is 2. The van der Waals surface area contributed by atoms with Gasteiger partial charge in [-0.05, 0) is 61.7 Å². The first-order valence-corrected chi connectivity index (χ1v) is 9.30. The van der Waals surface area contributed by atoms with Crippen LogP contribution in [-0.2, 0) is 4.79 Å². The summed E-state index contributed by atoms with van der Waals surface area (Å²) in [4.78, 5) is 11.2. The van der Waals surface area contributed by atoms with E-state index in [-0.39, 0.29) is 0 Å². The van der Waals surface area contributed by atoms with Gasteiger partial charge in [-0.3, -0.25) is 0 Å². The molecule has 5 nitrogen and oxygen atoms in total. The smallest absolute Gasteiger partial charge is 0.328 e. The fourth-order valence-electron chi connectivity index (χ4n) is 3.16. The van der Waals surface area contributed by atoms with E-state index in [0.29, 0.717) is 11.4 Å². The van der Waals surface area contributed by atoms with Crippen LogP contribution < -0.4 is 5.32 Å². The molecule has 3 aromatic rings. The first-order chi connectivity index (χ1) is 13.4. The molecule has 1 heterocycles. The van der Waals surface area contributed by atoms with Gasteiger partial charge in [0.1, 0.15) is 5.76 Å². The number of allylic oxidation sites excluding steroid dienone is 1. The molecule has 0 aliphatic heterocycles. The van der Waals surface area contributed by atoms with Crippen molar-refractivity contribution in [3.8, 4) is 11.1 Å². The first-order valence-electron chi connectivity index (χ1n) is 8.92. The Labute approximate surface area is 168 Å². The van der Waals surface area contributed by atoms with Crippen molar-refractivity contribution >= 4 is 34.5 Å². The quantitative estimate of drug-likeness (QED) is 0.483. The third kappa shape index (κ3) is 4.26. The Bertz CT molecular complexity index is 1020. The summed E-state index contributed by atoms with van der Waals surface area (Å²) < 4.78 is 5.34. The maximum Gasteiger partial charge on any atom is 0.328 e. The lowest BCUT2D eigenvalue weighted by Crippen LogP contribution is -1.98. The zero-order valence-corrected chi connectivity index (χ0v) is 16.7. The number of carbonyl (C=O) groups is 1. The fourth-order valence-corrected chi connectivity index (χ4v) is 3.29. The third-order valence-electron chi connectivity index (χ3n) is 4.49. The van der Waals surface area contributed by atoms with Crippen LogP contribution in [0, 0.1) is 13.8 Å². The van der Waals surface area contributed by atoms with Crippen molar-refractivity contribution in [1.82, 2.24) is 5.16 Å². The summed E-state index contributed by atoms with van der Waals surface area (Å²) in [5, 5.41) is 17.3. The molecule has 0 bridgehead atoms. The van der Waals surface area contributed by atoms with Crippen molar-refractivity contribution in [1.29, 1.82) is 0 Å². The molecule has 2 aromatic carbocycles. The first kappa shape index (κ1) is 19.7. The summed E-state index contributed by atoms with van der Waals surface area (Å²) in [7, 11) is 0. The molecule has 0 radical (unpaired) electrons. The number of carboxylic acids is 1. The minimum atomic E-state index is -0.959. The number of rotatable bonds is 6. The number of aliphatic carboxylic acids is 1. The Balaban J connectivity index is 2.14. The molecule has 144 valence electrons. The molecule has 0 spiro atoms. The van der Waals surface area contributed by atoms with Gasteiger partial charge in [-0.2, -0.15) is 0 Å². The number of carboxylic acid groups (broad SMARTS) is 1. The van der Waals surface area contributed by atoms with E-state index < -0.39 is 5.97 Å². The summed E-state index contributed by atoms with van der Waals surface area (Å²) in [6.45, 7) is 5.70. The number of nitrogens with one attached hydrogen (secondary N) is 1. The van der Waals surface area contributed by atoms with E-state index in [1.165, 1.54) is 6.08 Å². The highest BCUT2D eigenvalue weighted by atomic mass is 35.5. The number of hydrogen-bond donors (Lipinski definition) is 2. The monoisotopic (exact) mass is 396 g/mol. The van der Waals surface area contributed by atoms with Gasteiger partial charge < -0.3 is 14.9 Å². The molecule has 0 unspecified atom stereocenters. The van der Waals surface area contributed by atoms with Crippen molar-refractivity contribution < 1.29 is 14.4 Å². The summed E-state index contributed by atoms with van der Waals surface area (Å²) in [6.07, 6.45) is 1.86. The van der Waals surface area contributed by atoms with Gasteiger partial charge in [0.15, 0.2) is 0 Å². The molecule has 1 aromatic heterocycles. The van der Waals surface area contributed by atoms with E-state index in [9.17, 15) is 4.79 Å². The second-order valence-electron chi connectivity index (χ2n) is 6.45. The maximum absolute atomic E-state index is 11.2. The van der Waals surface area contributed by atoms with Crippen LogP contribution in [0.5, 0.6) is 0 Å². The van der Waals surface area contributed by atoms with Gasteiger partial charge in [-0.15, -0.1) is 0 Å². The largest absolute Gasteiger partial charge is 0.478 e. The SMILES string of the molecule is CC/C(=C\C(=O)O)c1ccc(-c2c(C)noc2C)c(Nc2ccc(Cl)cc2)c1. The summed E-state index contributed by atoms with van der Waals surface area (Å²) >= 11 is 5.99. The van der Waals surface area contributed by atoms with E-state index in [0.717, 1.165) is 45.1 Å². The molecule has 0 fully saturated rings. The van der Waals surface area contributed by atoms with E-state index in [2.05, 4.69) is 10.5 Å². The highest BCUT2D eigenvalue weighted by Gasteiger charge is 2.17. The summed E-state index contributed by atoms with van der Waals surface area (Å²) in [5.74, 6) is -0.236. The van der Waals surface area contributed by atoms with Crippen LogP contribution in [0.3, 0.4) is 0 Å². The predicted molar refractivity (Wildman–Crippen MR) is 112 cm³/mol. The van der Waals surface area contributed by atoms with E-state index >= 15 is 0 Å². The van der Waals surface area contributed by atoms with Crippen molar-refractivity contribution in [2.75, 3.05) is 5.32 Å². The molecule has 0 aliphatic rings. The molecule has 6 heteroatoms. The van der Waals surface area contributed by atoms with Gasteiger partial charge in [-0.1, -0.05) is 35.8 Å². The van der Waals surface area contributed by atoms with Gasteiger partial charge in [0.2, 0.25) is 0 Å². The van der Waals surface area contributed by atoms with Crippen molar-refractivity contribution in [3.05, 3.63) is 70.6 Å². The Morgan fingerprint density at radius 3 is 2.50 bits per heavy atom. The van der Waals surface area contributed by atoms with Crippen LogP contribution in [-0.4, -0.2) is 16.2 Å². The molecule has 0 aliphatic carbocycles. The Hall–Kier alpha value is -3.05. The minimum absolute atomic E-state index is 0.608. The number of aryl methyl sites for hydroxylation is 2. The second-order valence-corrected chi connectivity index (χ2v) is 6.89. The van der Waals surface area contributed by atoms with Gasteiger partial charge >= 0.3 is 5.97 Å². The summed E-state index contributed by atoms with van der Waals surface area (Å²) in [5.41, 5.74) is 5.94. The lowest BCUT2D eigenvalue weighted by Gasteiger charge is -2.15. The third-order valence-corrected chi connectivity index (χ3v) is 4.75. The lowest BCUT2D eigenvalue weighted by molar-refractivity contribution is -0.131. The van der Waals surface area contributed by atoms with Crippen molar-refractivity contribution in [2.24, 2.45) is 0 Å². The van der Waals surface area contributed by atoms with Crippen LogP contribution in [0.4, 0.5) is 11.4 Å². The summed E-state index contributed by atoms with van der Waals surface area (Å²) in [6, 6.07) is 13.2. The standard InChI is InChI=1S/C22H21ClN2O3/c1-4-15(12-21(26)27)16-5-10-19(22-13(2)25-28-14(22)3)20(11-16)24-18-8-6-17(23)7-9-18/h5-12,24H,4H2,1-3H3,(H,26,27)/b15-12+. The highest BCUT2D eigenvalue weighted by Crippen LogP contribution is 2.37. The molecule has 3 rings (SSSR count). The number of aromatic nitrogens is 1. The van der Waals surface area contributed by atoms with E-state index in [4.69, 9.17) is 21.2 Å². The molecule has 0 atom stereocenters. The zero-order chi connectivity index (χ0) is 20.3. The van der Waals surface area contributed by atoms with E-state index in [1.54, 1.807) is 0 Å². The average molecular weight is 397 g/mol. The van der Waals surface area contributed by atoms with Gasteiger partial charge in [-0.25, -0.2) is 4.79 Å². The normalized spacial score (nSPS) is 11.5. The van der Waals surface area contributed by atoms with Crippen molar-refractivity contribution in [2.45, 2.75) is 27.2 Å². The topological polar surface area (TPSA) is 75.4 Å². The van der Waals surface area contributed by atoms with Crippen molar-refractivity contribution in [3.63, 3.8) is 0 Å². The Morgan fingerprint density at radius 1 is 1.21 bits per heavy atom. The van der Waals surface area contributed by atoms with Gasteiger partial charge in [0.25, 0.3) is 0 Å².